The van der Waals surface area contributed by atoms with Crippen molar-refractivity contribution in [3.05, 3.63) is 58.2 Å². The van der Waals surface area contributed by atoms with Crippen molar-refractivity contribution in [3.63, 3.8) is 0 Å². The fourth-order valence-corrected chi connectivity index (χ4v) is 4.59. The molecule has 30 heavy (non-hydrogen) atoms. The standard InChI is InChI=1S/C20H20FN3O4S2/c1-11-7-14(9-18(12(11)2)30(26,27)22-3)19(25)24-20-23-16(10-29-20)13-5-6-17(28-4)15(21)8-13/h5-10,22H,1-4H3,(H,23,24,25). The number of anilines is 1. The molecule has 0 fully saturated rings. The number of aryl methyl sites for hydroxylation is 1. The summed E-state index contributed by atoms with van der Waals surface area (Å²) in [5, 5.41) is 4.66. The van der Waals surface area contributed by atoms with Gasteiger partial charge in [-0.25, -0.2) is 22.5 Å². The predicted molar refractivity (Wildman–Crippen MR) is 114 cm³/mol. The highest BCUT2D eigenvalue weighted by Crippen LogP contribution is 2.29. The third-order valence-corrected chi connectivity index (χ3v) is 6.91. The normalized spacial score (nSPS) is 11.4. The molecule has 1 aromatic heterocycles. The number of sulfonamides is 1. The SMILES string of the molecule is CNS(=O)(=O)c1cc(C(=O)Nc2nc(-c3ccc(OC)c(F)c3)cs2)cc(C)c1C. The Morgan fingerprint density at radius 3 is 2.57 bits per heavy atom. The number of nitrogens with one attached hydrogen (secondary N) is 2. The first kappa shape index (κ1) is 21.9. The minimum absolute atomic E-state index is 0.0451. The molecule has 0 atom stereocenters. The number of thiazole rings is 1. The van der Waals surface area contributed by atoms with Crippen LogP contribution in [0.1, 0.15) is 21.5 Å². The van der Waals surface area contributed by atoms with E-state index in [9.17, 15) is 17.6 Å². The van der Waals surface area contributed by atoms with Gasteiger partial charge in [0.25, 0.3) is 5.91 Å². The second-order valence-corrected chi connectivity index (χ2v) is 9.18. The van der Waals surface area contributed by atoms with E-state index in [1.807, 2.05) is 0 Å². The Kier molecular flexibility index (Phi) is 6.20. The zero-order valence-electron chi connectivity index (χ0n) is 16.7. The number of methoxy groups -OCH3 is 1. The van der Waals surface area contributed by atoms with Gasteiger partial charge in [0.1, 0.15) is 0 Å². The molecule has 0 saturated heterocycles. The number of hydrogen-bond donors (Lipinski definition) is 2. The highest BCUT2D eigenvalue weighted by Gasteiger charge is 2.20. The van der Waals surface area contributed by atoms with Crippen LogP contribution in [0.2, 0.25) is 0 Å². The quantitative estimate of drug-likeness (QED) is 0.598. The molecule has 0 aliphatic rings. The lowest BCUT2D eigenvalue weighted by molar-refractivity contribution is 0.102. The van der Waals surface area contributed by atoms with E-state index in [1.165, 1.54) is 43.7 Å². The second-order valence-electron chi connectivity index (χ2n) is 6.47. The summed E-state index contributed by atoms with van der Waals surface area (Å²) in [6.07, 6.45) is 0. The maximum Gasteiger partial charge on any atom is 0.257 e. The van der Waals surface area contributed by atoms with Crippen molar-refractivity contribution in [2.24, 2.45) is 0 Å². The van der Waals surface area contributed by atoms with Crippen LogP contribution in [0.15, 0.2) is 40.6 Å². The Balaban J connectivity index is 1.87. The van der Waals surface area contributed by atoms with Gasteiger partial charge < -0.3 is 4.74 Å². The van der Waals surface area contributed by atoms with E-state index in [0.717, 1.165) is 0 Å². The van der Waals surface area contributed by atoms with Crippen molar-refractivity contribution in [2.45, 2.75) is 18.7 Å². The molecule has 3 aromatic rings. The number of amides is 1. The molecule has 0 bridgehead atoms. The molecule has 1 amide bonds. The number of carbonyl (C=O) groups excluding carboxylic acids is 1. The summed E-state index contributed by atoms with van der Waals surface area (Å²) in [5.74, 6) is -0.876. The van der Waals surface area contributed by atoms with Gasteiger partial charge in [0, 0.05) is 16.5 Å². The van der Waals surface area contributed by atoms with Crippen LogP contribution in [-0.2, 0) is 10.0 Å². The molecule has 7 nitrogen and oxygen atoms in total. The van der Waals surface area contributed by atoms with Gasteiger partial charge in [-0.1, -0.05) is 0 Å². The molecule has 0 aliphatic heterocycles. The summed E-state index contributed by atoms with van der Waals surface area (Å²) in [6.45, 7) is 3.42. The Morgan fingerprint density at radius 2 is 1.93 bits per heavy atom. The van der Waals surface area contributed by atoms with Crippen LogP contribution in [-0.4, -0.2) is 33.5 Å². The summed E-state index contributed by atoms with van der Waals surface area (Å²) in [6, 6.07) is 7.42. The fraction of sp³-hybridized carbons (Fsp3) is 0.200. The van der Waals surface area contributed by atoms with Gasteiger partial charge >= 0.3 is 0 Å². The molecule has 2 aromatic carbocycles. The van der Waals surface area contributed by atoms with Gasteiger partial charge in [0.15, 0.2) is 16.7 Å². The fourth-order valence-electron chi connectivity index (χ4n) is 2.81. The largest absolute Gasteiger partial charge is 0.494 e. The van der Waals surface area contributed by atoms with E-state index in [-0.39, 0.29) is 16.2 Å². The lowest BCUT2D eigenvalue weighted by Crippen LogP contribution is -2.21. The van der Waals surface area contributed by atoms with Crippen molar-refractivity contribution in [1.82, 2.24) is 9.71 Å². The number of nitrogens with zero attached hydrogens (tertiary/aromatic N) is 1. The average Bonchev–Trinajstić information content (AvgIpc) is 3.18. The summed E-state index contributed by atoms with van der Waals surface area (Å²) >= 11 is 1.18. The number of rotatable bonds is 6. The zero-order valence-corrected chi connectivity index (χ0v) is 18.4. The van der Waals surface area contributed by atoms with E-state index in [2.05, 4.69) is 15.0 Å². The first-order valence-corrected chi connectivity index (χ1v) is 11.2. The van der Waals surface area contributed by atoms with Crippen LogP contribution >= 0.6 is 11.3 Å². The van der Waals surface area contributed by atoms with E-state index in [4.69, 9.17) is 4.74 Å². The summed E-state index contributed by atoms with van der Waals surface area (Å²) in [5.41, 5.74) is 2.47. The minimum Gasteiger partial charge on any atom is -0.494 e. The predicted octanol–water partition coefficient (Wildman–Crippen LogP) is 3.74. The molecule has 0 aliphatic carbocycles. The van der Waals surface area contributed by atoms with Crippen LogP contribution < -0.4 is 14.8 Å². The monoisotopic (exact) mass is 449 g/mol. The lowest BCUT2D eigenvalue weighted by atomic mass is 10.1. The number of hydrogen-bond acceptors (Lipinski definition) is 6. The van der Waals surface area contributed by atoms with E-state index in [1.54, 1.807) is 31.4 Å². The van der Waals surface area contributed by atoms with Gasteiger partial charge in [0.05, 0.1) is 17.7 Å². The van der Waals surface area contributed by atoms with E-state index in [0.29, 0.717) is 27.5 Å². The van der Waals surface area contributed by atoms with E-state index >= 15 is 0 Å². The smallest absolute Gasteiger partial charge is 0.257 e. The van der Waals surface area contributed by atoms with Gasteiger partial charge in [-0.2, -0.15) is 0 Å². The van der Waals surface area contributed by atoms with Crippen LogP contribution in [0.5, 0.6) is 5.75 Å². The van der Waals surface area contributed by atoms with Crippen molar-refractivity contribution in [1.29, 1.82) is 0 Å². The molecule has 158 valence electrons. The molecular formula is C20H20FN3O4S2. The van der Waals surface area contributed by atoms with Crippen LogP contribution in [0.3, 0.4) is 0 Å². The van der Waals surface area contributed by atoms with Crippen LogP contribution in [0, 0.1) is 19.7 Å². The van der Waals surface area contributed by atoms with Gasteiger partial charge in [0.2, 0.25) is 10.0 Å². The Bertz CT molecular complexity index is 1220. The third-order valence-electron chi connectivity index (χ3n) is 4.61. The number of ether oxygens (including phenoxy) is 1. The lowest BCUT2D eigenvalue weighted by Gasteiger charge is -2.12. The summed E-state index contributed by atoms with van der Waals surface area (Å²) in [4.78, 5) is 17.1. The van der Waals surface area contributed by atoms with Gasteiger partial charge in [-0.05, 0) is 62.4 Å². The molecule has 0 spiro atoms. The summed E-state index contributed by atoms with van der Waals surface area (Å²) in [7, 11) is -1.01. The zero-order chi connectivity index (χ0) is 22.1. The summed E-state index contributed by atoms with van der Waals surface area (Å²) < 4.78 is 45.6. The Labute approximate surface area is 178 Å². The molecule has 0 radical (unpaired) electrons. The van der Waals surface area contributed by atoms with Gasteiger partial charge in [-0.15, -0.1) is 11.3 Å². The Morgan fingerprint density at radius 1 is 1.20 bits per heavy atom. The number of halogens is 1. The van der Waals surface area contributed by atoms with Crippen LogP contribution in [0.4, 0.5) is 9.52 Å². The second kappa shape index (κ2) is 8.50. The number of aromatic nitrogens is 1. The van der Waals surface area contributed by atoms with Crippen molar-refractivity contribution < 1.29 is 22.3 Å². The van der Waals surface area contributed by atoms with Crippen molar-refractivity contribution >= 4 is 32.4 Å². The third kappa shape index (κ3) is 4.35. The topological polar surface area (TPSA) is 97.4 Å². The minimum atomic E-state index is -3.71. The maximum atomic E-state index is 13.9. The average molecular weight is 450 g/mol. The molecule has 0 unspecified atom stereocenters. The molecule has 2 N–H and O–H groups in total. The van der Waals surface area contributed by atoms with E-state index < -0.39 is 21.7 Å². The highest BCUT2D eigenvalue weighted by atomic mass is 32.2. The molecular weight excluding hydrogens is 429 g/mol. The molecule has 1 heterocycles. The molecule has 10 heteroatoms. The van der Waals surface area contributed by atoms with Gasteiger partial charge in [-0.3, -0.25) is 10.1 Å². The van der Waals surface area contributed by atoms with Crippen molar-refractivity contribution in [2.75, 3.05) is 19.5 Å². The first-order chi connectivity index (χ1) is 14.2. The highest BCUT2D eigenvalue weighted by molar-refractivity contribution is 7.89. The maximum absolute atomic E-state index is 13.9. The molecule has 3 rings (SSSR count). The number of benzene rings is 2. The Hall–Kier alpha value is -2.82. The van der Waals surface area contributed by atoms with Crippen LogP contribution in [0.25, 0.3) is 11.3 Å². The first-order valence-electron chi connectivity index (χ1n) is 8.82. The number of carbonyl (C=O) groups is 1. The molecule has 0 saturated carbocycles. The van der Waals surface area contributed by atoms with Crippen molar-refractivity contribution in [3.8, 4) is 17.0 Å².